The average molecular weight is 666 g/mol. The molecule has 12 nitrogen and oxygen atoms in total. The van der Waals surface area contributed by atoms with Gasteiger partial charge < -0.3 is 24.8 Å². The maximum atomic E-state index is 13.5. The van der Waals surface area contributed by atoms with Gasteiger partial charge in [-0.25, -0.2) is 9.59 Å². The Labute approximate surface area is 274 Å². The number of carbonyl (C=O) groups excluding carboxylic acids is 4. The van der Waals surface area contributed by atoms with Crippen molar-refractivity contribution in [3.8, 4) is 11.4 Å². The van der Waals surface area contributed by atoms with Crippen LogP contribution in [0.3, 0.4) is 0 Å². The summed E-state index contributed by atoms with van der Waals surface area (Å²) in [5, 5.41) is 14.2. The molecule has 0 radical (unpaired) electrons. The number of hydrogen-bond donors (Lipinski definition) is 2. The first-order chi connectivity index (χ1) is 22.1. The van der Waals surface area contributed by atoms with Crippen LogP contribution in [0.25, 0.3) is 5.69 Å². The van der Waals surface area contributed by atoms with Crippen LogP contribution < -0.4 is 15.4 Å². The van der Waals surface area contributed by atoms with Crippen molar-refractivity contribution in [3.63, 3.8) is 0 Å². The second-order valence-electron chi connectivity index (χ2n) is 9.90. The van der Waals surface area contributed by atoms with Gasteiger partial charge in [-0.15, -0.1) is 21.5 Å². The van der Waals surface area contributed by atoms with Gasteiger partial charge in [0.05, 0.1) is 30.6 Å². The minimum atomic E-state index is -0.710. The molecule has 0 unspecified atom stereocenters. The van der Waals surface area contributed by atoms with Crippen LogP contribution in [0.4, 0.5) is 5.00 Å². The molecule has 1 atom stereocenters. The van der Waals surface area contributed by atoms with Gasteiger partial charge in [-0.3, -0.25) is 14.2 Å². The topological polar surface area (TPSA) is 151 Å². The molecule has 2 N–H and O–H groups in total. The Morgan fingerprint density at radius 2 is 1.67 bits per heavy atom. The first-order valence-corrected chi connectivity index (χ1v) is 16.2. The first-order valence-electron chi connectivity index (χ1n) is 14.5. The second-order valence-corrected chi connectivity index (χ2v) is 12.2. The van der Waals surface area contributed by atoms with E-state index in [9.17, 15) is 19.2 Å². The summed E-state index contributed by atoms with van der Waals surface area (Å²) in [4.78, 5) is 51.5. The number of carbonyl (C=O) groups is 4. The number of nitrogens with one attached hydrogen (secondary N) is 2. The first kappa shape index (κ1) is 34.2. The summed E-state index contributed by atoms with van der Waals surface area (Å²) in [5.41, 5.74) is 2.23. The van der Waals surface area contributed by atoms with Crippen molar-refractivity contribution in [2.24, 2.45) is 0 Å². The molecule has 0 saturated carbocycles. The van der Waals surface area contributed by atoms with Gasteiger partial charge in [-0.2, -0.15) is 0 Å². The molecule has 0 aliphatic rings. The average Bonchev–Trinajstić information content (AvgIpc) is 3.59. The maximum absolute atomic E-state index is 13.5. The third-order valence-electron chi connectivity index (χ3n) is 6.49. The number of benzene rings is 2. The molecule has 2 aromatic carbocycles. The Kier molecular flexibility index (Phi) is 11.9. The summed E-state index contributed by atoms with van der Waals surface area (Å²) in [5.74, 6) is -0.977. The summed E-state index contributed by atoms with van der Waals surface area (Å²) in [6, 6.07) is 16.7. The fourth-order valence-electron chi connectivity index (χ4n) is 4.28. The molecule has 0 bridgehead atoms. The summed E-state index contributed by atoms with van der Waals surface area (Å²) in [7, 11) is 0. The van der Waals surface area contributed by atoms with Crippen LogP contribution >= 0.6 is 23.1 Å². The van der Waals surface area contributed by atoms with Crippen LogP contribution in [0.15, 0.2) is 59.8 Å². The highest BCUT2D eigenvalue weighted by Crippen LogP contribution is 2.35. The zero-order valence-corrected chi connectivity index (χ0v) is 27.8. The highest BCUT2D eigenvalue weighted by Gasteiger charge is 2.29. The molecule has 0 spiro atoms. The van der Waals surface area contributed by atoms with Crippen molar-refractivity contribution >= 4 is 51.9 Å². The van der Waals surface area contributed by atoms with E-state index in [0.29, 0.717) is 22.3 Å². The number of rotatable bonds is 14. The van der Waals surface area contributed by atoms with E-state index in [0.717, 1.165) is 34.3 Å². The quantitative estimate of drug-likeness (QED) is 0.137. The Hall–Kier alpha value is -4.69. The molecule has 46 heavy (non-hydrogen) atoms. The lowest BCUT2D eigenvalue weighted by Gasteiger charge is -2.15. The fourth-order valence-corrected chi connectivity index (χ4v) is 6.26. The Balaban J connectivity index is 1.53. The van der Waals surface area contributed by atoms with Gasteiger partial charge in [0.2, 0.25) is 5.91 Å². The molecule has 14 heteroatoms. The molecule has 0 aliphatic carbocycles. The van der Waals surface area contributed by atoms with E-state index in [-0.39, 0.29) is 47.7 Å². The lowest BCUT2D eigenvalue weighted by molar-refractivity contribution is -0.123. The number of anilines is 1. The number of amides is 2. The molecule has 0 saturated heterocycles. The zero-order valence-electron chi connectivity index (χ0n) is 26.1. The standard InChI is InChI=1S/C32H35N5O7S2/c1-6-42-30(40)26-20(4)27(31(41)43-7-2)46-29(26)34-28(39)21(5)45-32-36-35-24(37(32)22-13-11-12-19(3)16-22)17-33-25(38)18-44-23-14-9-8-10-15-23/h8-16,21H,6-7,17-18H2,1-5H3,(H,33,38)(H,34,39)/t21-/m1/s1. The number of aromatic nitrogens is 3. The number of ether oxygens (including phenoxy) is 3. The van der Waals surface area contributed by atoms with E-state index >= 15 is 0 Å². The highest BCUT2D eigenvalue weighted by atomic mass is 32.2. The molecule has 0 fully saturated rings. The minimum Gasteiger partial charge on any atom is -0.484 e. The molecule has 4 aromatic rings. The normalized spacial score (nSPS) is 11.4. The number of aryl methyl sites for hydroxylation is 1. The SMILES string of the molecule is CCOC(=O)c1sc(NC(=O)[C@@H](C)Sc2nnc(CNC(=O)COc3ccccc3)n2-c2cccc(C)c2)c(C(=O)OCC)c1C. The third kappa shape index (κ3) is 8.52. The predicted octanol–water partition coefficient (Wildman–Crippen LogP) is 5.11. The van der Waals surface area contributed by atoms with E-state index in [1.54, 1.807) is 44.4 Å². The van der Waals surface area contributed by atoms with Crippen molar-refractivity contribution in [1.29, 1.82) is 0 Å². The molecule has 0 aliphatic heterocycles. The molecular weight excluding hydrogens is 631 g/mol. The van der Waals surface area contributed by atoms with Gasteiger partial charge in [0.25, 0.3) is 5.91 Å². The summed E-state index contributed by atoms with van der Waals surface area (Å²) in [6.45, 7) is 8.79. The van der Waals surface area contributed by atoms with Gasteiger partial charge in [0.15, 0.2) is 17.6 Å². The fraction of sp³-hybridized carbons (Fsp3) is 0.312. The third-order valence-corrected chi connectivity index (χ3v) is 8.72. The van der Waals surface area contributed by atoms with E-state index in [4.69, 9.17) is 14.2 Å². The van der Waals surface area contributed by atoms with Crippen molar-refractivity contribution in [2.75, 3.05) is 25.1 Å². The summed E-state index contributed by atoms with van der Waals surface area (Å²) < 4.78 is 17.6. The summed E-state index contributed by atoms with van der Waals surface area (Å²) >= 11 is 2.11. The van der Waals surface area contributed by atoms with Crippen LogP contribution in [0.2, 0.25) is 0 Å². The Morgan fingerprint density at radius 3 is 2.37 bits per heavy atom. The minimum absolute atomic E-state index is 0.0626. The van der Waals surface area contributed by atoms with Gasteiger partial charge in [-0.1, -0.05) is 42.1 Å². The lowest BCUT2D eigenvalue weighted by Crippen LogP contribution is -2.29. The van der Waals surface area contributed by atoms with Gasteiger partial charge in [0, 0.05) is 5.69 Å². The van der Waals surface area contributed by atoms with E-state index in [1.807, 2.05) is 49.4 Å². The molecule has 2 amide bonds. The number of esters is 2. The molecule has 2 aromatic heterocycles. The van der Waals surface area contributed by atoms with Crippen LogP contribution in [-0.4, -0.2) is 63.6 Å². The molecule has 242 valence electrons. The predicted molar refractivity (Wildman–Crippen MR) is 175 cm³/mol. The van der Waals surface area contributed by atoms with Gasteiger partial charge >= 0.3 is 11.9 Å². The van der Waals surface area contributed by atoms with Crippen molar-refractivity contribution in [1.82, 2.24) is 20.1 Å². The Morgan fingerprint density at radius 1 is 0.957 bits per heavy atom. The van der Waals surface area contributed by atoms with Crippen LogP contribution in [0.1, 0.15) is 57.8 Å². The van der Waals surface area contributed by atoms with Crippen molar-refractivity contribution in [3.05, 3.63) is 82.0 Å². The smallest absolute Gasteiger partial charge is 0.348 e. The number of thioether (sulfide) groups is 1. The maximum Gasteiger partial charge on any atom is 0.348 e. The van der Waals surface area contributed by atoms with E-state index in [1.165, 1.54) is 0 Å². The van der Waals surface area contributed by atoms with E-state index < -0.39 is 23.1 Å². The lowest BCUT2D eigenvalue weighted by atomic mass is 10.1. The van der Waals surface area contributed by atoms with Crippen LogP contribution in [0.5, 0.6) is 5.75 Å². The Bertz CT molecular complexity index is 1700. The van der Waals surface area contributed by atoms with Gasteiger partial charge in [-0.05, 0) is 70.0 Å². The van der Waals surface area contributed by atoms with Crippen molar-refractivity contribution < 1.29 is 33.4 Å². The number of nitrogens with zero attached hydrogens (tertiary/aromatic N) is 3. The van der Waals surface area contributed by atoms with E-state index in [2.05, 4.69) is 20.8 Å². The monoisotopic (exact) mass is 665 g/mol. The zero-order chi connectivity index (χ0) is 33.2. The largest absolute Gasteiger partial charge is 0.484 e. The molecule has 4 rings (SSSR count). The molecular formula is C32H35N5O7S2. The number of hydrogen-bond acceptors (Lipinski definition) is 11. The second kappa shape index (κ2) is 16.0. The molecule has 2 heterocycles. The summed E-state index contributed by atoms with van der Waals surface area (Å²) in [6.07, 6.45) is 0. The van der Waals surface area contributed by atoms with Crippen LogP contribution in [-0.2, 0) is 25.6 Å². The van der Waals surface area contributed by atoms with Crippen LogP contribution in [0, 0.1) is 13.8 Å². The number of thiophene rings is 1. The highest BCUT2D eigenvalue weighted by molar-refractivity contribution is 8.00. The number of para-hydroxylation sites is 1. The van der Waals surface area contributed by atoms with Gasteiger partial charge in [0.1, 0.15) is 15.6 Å². The van der Waals surface area contributed by atoms with Crippen molar-refractivity contribution in [2.45, 2.75) is 51.6 Å².